The number of nitrogens with zero attached hydrogens (tertiary/aromatic N) is 1. The standard InChI is InChI=1S/C11H18N2O4/c1-17-8-5-9(10(14)15)13(6-8)11(16)12-7-3-2-4-7/h7-9H,2-6H2,1H3,(H,12,16)(H,14,15). The van der Waals surface area contributed by atoms with Crippen molar-refractivity contribution in [1.82, 2.24) is 10.2 Å². The van der Waals surface area contributed by atoms with Gasteiger partial charge in [0.1, 0.15) is 6.04 Å². The quantitative estimate of drug-likeness (QED) is 0.752. The predicted molar refractivity (Wildman–Crippen MR) is 59.7 cm³/mol. The van der Waals surface area contributed by atoms with Crippen LogP contribution in [0.1, 0.15) is 25.7 Å². The Hall–Kier alpha value is -1.30. The van der Waals surface area contributed by atoms with Crippen molar-refractivity contribution in [3.8, 4) is 0 Å². The normalized spacial score (nSPS) is 28.9. The zero-order valence-corrected chi connectivity index (χ0v) is 9.89. The number of carboxylic acid groups (broad SMARTS) is 1. The first-order chi connectivity index (χ1) is 8.11. The summed E-state index contributed by atoms with van der Waals surface area (Å²) >= 11 is 0. The lowest BCUT2D eigenvalue weighted by Gasteiger charge is -2.30. The molecular formula is C11H18N2O4. The Morgan fingerprint density at radius 3 is 2.59 bits per heavy atom. The van der Waals surface area contributed by atoms with Crippen molar-refractivity contribution in [3.05, 3.63) is 0 Å². The van der Waals surface area contributed by atoms with Crippen LogP contribution in [0.3, 0.4) is 0 Å². The summed E-state index contributed by atoms with van der Waals surface area (Å²) in [7, 11) is 1.54. The Morgan fingerprint density at radius 1 is 1.41 bits per heavy atom. The van der Waals surface area contributed by atoms with E-state index in [1.807, 2.05) is 0 Å². The van der Waals surface area contributed by atoms with Crippen LogP contribution in [-0.2, 0) is 9.53 Å². The minimum atomic E-state index is -0.965. The van der Waals surface area contributed by atoms with Crippen molar-refractivity contribution in [1.29, 1.82) is 0 Å². The molecule has 2 rings (SSSR count). The first-order valence-corrected chi connectivity index (χ1v) is 5.94. The maximum atomic E-state index is 11.9. The molecule has 0 radical (unpaired) electrons. The van der Waals surface area contributed by atoms with E-state index in [2.05, 4.69) is 5.32 Å². The summed E-state index contributed by atoms with van der Waals surface area (Å²) < 4.78 is 5.13. The van der Waals surface area contributed by atoms with Crippen LogP contribution in [0.4, 0.5) is 4.79 Å². The van der Waals surface area contributed by atoms with Gasteiger partial charge in [-0.1, -0.05) is 0 Å². The van der Waals surface area contributed by atoms with Crippen LogP contribution < -0.4 is 5.32 Å². The van der Waals surface area contributed by atoms with Crippen LogP contribution in [-0.4, -0.2) is 53.8 Å². The molecule has 2 amide bonds. The zero-order valence-electron chi connectivity index (χ0n) is 9.89. The van der Waals surface area contributed by atoms with Gasteiger partial charge in [-0.05, 0) is 19.3 Å². The highest BCUT2D eigenvalue weighted by atomic mass is 16.5. The molecule has 2 unspecified atom stereocenters. The molecule has 0 spiro atoms. The summed E-state index contributed by atoms with van der Waals surface area (Å²) in [5, 5.41) is 11.9. The second-order valence-electron chi connectivity index (χ2n) is 4.68. The van der Waals surface area contributed by atoms with Gasteiger partial charge in [-0.25, -0.2) is 9.59 Å². The van der Waals surface area contributed by atoms with Crippen LogP contribution in [0.15, 0.2) is 0 Å². The molecule has 1 saturated heterocycles. The van der Waals surface area contributed by atoms with E-state index < -0.39 is 12.0 Å². The smallest absolute Gasteiger partial charge is 0.326 e. The molecule has 2 atom stereocenters. The number of carboxylic acids is 1. The molecule has 1 aliphatic heterocycles. The highest BCUT2D eigenvalue weighted by molar-refractivity contribution is 5.83. The Morgan fingerprint density at radius 2 is 2.12 bits per heavy atom. The number of aliphatic carboxylic acids is 1. The average Bonchev–Trinajstić information content (AvgIpc) is 2.67. The van der Waals surface area contributed by atoms with E-state index in [-0.39, 0.29) is 18.2 Å². The molecule has 2 N–H and O–H groups in total. The van der Waals surface area contributed by atoms with Crippen molar-refractivity contribution in [2.24, 2.45) is 0 Å². The fourth-order valence-corrected chi connectivity index (χ4v) is 2.24. The molecule has 1 heterocycles. The molecule has 0 bridgehead atoms. The van der Waals surface area contributed by atoms with Gasteiger partial charge < -0.3 is 20.1 Å². The Labute approximate surface area is 99.9 Å². The fourth-order valence-electron chi connectivity index (χ4n) is 2.24. The fraction of sp³-hybridized carbons (Fsp3) is 0.818. The number of hydrogen-bond acceptors (Lipinski definition) is 3. The van der Waals surface area contributed by atoms with E-state index in [9.17, 15) is 9.59 Å². The van der Waals surface area contributed by atoms with Gasteiger partial charge in [0.2, 0.25) is 0 Å². The van der Waals surface area contributed by atoms with Gasteiger partial charge >= 0.3 is 12.0 Å². The Kier molecular flexibility index (Phi) is 3.51. The van der Waals surface area contributed by atoms with E-state index in [1.165, 1.54) is 12.0 Å². The number of amides is 2. The predicted octanol–water partition coefficient (Wildman–Crippen LogP) is 0.422. The van der Waals surface area contributed by atoms with Crippen LogP contribution in [0.25, 0.3) is 0 Å². The Balaban J connectivity index is 1.96. The van der Waals surface area contributed by atoms with E-state index in [0.717, 1.165) is 19.3 Å². The van der Waals surface area contributed by atoms with Gasteiger partial charge in [0.25, 0.3) is 0 Å². The van der Waals surface area contributed by atoms with Crippen molar-refractivity contribution < 1.29 is 19.4 Å². The number of ether oxygens (including phenoxy) is 1. The lowest BCUT2D eigenvalue weighted by atomic mass is 9.93. The lowest BCUT2D eigenvalue weighted by molar-refractivity contribution is -0.141. The van der Waals surface area contributed by atoms with E-state index in [1.54, 1.807) is 0 Å². The summed E-state index contributed by atoms with van der Waals surface area (Å²) in [5.74, 6) is -0.965. The van der Waals surface area contributed by atoms with Gasteiger partial charge in [-0.15, -0.1) is 0 Å². The van der Waals surface area contributed by atoms with Gasteiger partial charge in [0.05, 0.1) is 6.10 Å². The second-order valence-corrected chi connectivity index (χ2v) is 4.68. The summed E-state index contributed by atoms with van der Waals surface area (Å²) in [6, 6.07) is -0.819. The Bertz CT molecular complexity index is 317. The summed E-state index contributed by atoms with van der Waals surface area (Å²) in [6.45, 7) is 0.353. The van der Waals surface area contributed by atoms with Crippen LogP contribution >= 0.6 is 0 Å². The minimum absolute atomic E-state index is 0.178. The number of methoxy groups -OCH3 is 1. The maximum absolute atomic E-state index is 11.9. The largest absolute Gasteiger partial charge is 0.480 e. The molecule has 6 nitrogen and oxygen atoms in total. The lowest BCUT2D eigenvalue weighted by Crippen LogP contribution is -2.50. The van der Waals surface area contributed by atoms with Crippen LogP contribution in [0.5, 0.6) is 0 Å². The van der Waals surface area contributed by atoms with Crippen molar-refractivity contribution >= 4 is 12.0 Å². The van der Waals surface area contributed by atoms with Gasteiger partial charge in [0.15, 0.2) is 0 Å². The number of rotatable bonds is 3. The van der Waals surface area contributed by atoms with Crippen molar-refractivity contribution in [2.75, 3.05) is 13.7 Å². The molecule has 1 saturated carbocycles. The second kappa shape index (κ2) is 4.91. The maximum Gasteiger partial charge on any atom is 0.326 e. The van der Waals surface area contributed by atoms with Gasteiger partial charge in [-0.3, -0.25) is 0 Å². The molecular weight excluding hydrogens is 224 g/mol. The van der Waals surface area contributed by atoms with E-state index in [4.69, 9.17) is 9.84 Å². The number of carbonyl (C=O) groups is 2. The average molecular weight is 242 g/mol. The molecule has 2 fully saturated rings. The third-order valence-electron chi connectivity index (χ3n) is 3.57. The van der Waals surface area contributed by atoms with Crippen molar-refractivity contribution in [3.63, 3.8) is 0 Å². The highest BCUT2D eigenvalue weighted by Gasteiger charge is 2.40. The third-order valence-corrected chi connectivity index (χ3v) is 3.57. The molecule has 6 heteroatoms. The van der Waals surface area contributed by atoms with E-state index >= 15 is 0 Å². The molecule has 0 aromatic carbocycles. The highest BCUT2D eigenvalue weighted by Crippen LogP contribution is 2.22. The van der Waals surface area contributed by atoms with Gasteiger partial charge in [-0.2, -0.15) is 0 Å². The zero-order chi connectivity index (χ0) is 12.4. The van der Waals surface area contributed by atoms with Gasteiger partial charge in [0, 0.05) is 26.1 Å². The number of urea groups is 1. The SMILES string of the molecule is COC1CC(C(=O)O)N(C(=O)NC2CCC2)C1. The minimum Gasteiger partial charge on any atom is -0.480 e. The number of likely N-dealkylation sites (tertiary alicyclic amines) is 1. The third kappa shape index (κ3) is 2.52. The van der Waals surface area contributed by atoms with Crippen LogP contribution in [0.2, 0.25) is 0 Å². The van der Waals surface area contributed by atoms with Crippen molar-refractivity contribution in [2.45, 2.75) is 43.9 Å². The summed E-state index contributed by atoms with van der Waals surface area (Å²) in [6.07, 6.45) is 3.30. The monoisotopic (exact) mass is 242 g/mol. The van der Waals surface area contributed by atoms with Crippen LogP contribution in [0, 0.1) is 0 Å². The number of carbonyl (C=O) groups excluding carboxylic acids is 1. The molecule has 0 aromatic rings. The summed E-state index contributed by atoms with van der Waals surface area (Å²) in [5.41, 5.74) is 0. The number of nitrogens with one attached hydrogen (secondary N) is 1. The first-order valence-electron chi connectivity index (χ1n) is 5.94. The molecule has 2 aliphatic rings. The molecule has 96 valence electrons. The number of hydrogen-bond donors (Lipinski definition) is 2. The summed E-state index contributed by atoms with van der Waals surface area (Å²) in [4.78, 5) is 24.4. The first kappa shape index (κ1) is 12.2. The molecule has 17 heavy (non-hydrogen) atoms. The topological polar surface area (TPSA) is 78.9 Å². The molecule has 0 aromatic heterocycles. The van der Waals surface area contributed by atoms with E-state index in [0.29, 0.717) is 13.0 Å². The molecule has 1 aliphatic carbocycles.